The van der Waals surface area contributed by atoms with E-state index in [1.54, 1.807) is 6.92 Å². The zero-order valence-electron chi connectivity index (χ0n) is 11.4. The molecule has 0 saturated carbocycles. The Bertz CT molecular complexity index is 405. The van der Waals surface area contributed by atoms with E-state index in [2.05, 4.69) is 5.32 Å². The maximum Gasteiger partial charge on any atom is 0.326 e. The Balaban J connectivity index is 4.35. The fraction of sp³-hybridized carbons (Fsp3) is 0.818. The number of ether oxygens (including phenoxy) is 1. The molecule has 112 valence electrons. The first kappa shape index (κ1) is 17.8. The van der Waals surface area contributed by atoms with Crippen LogP contribution < -0.4 is 5.32 Å². The molecule has 8 heteroatoms. The molecule has 2 unspecified atom stereocenters. The number of hydrogen-bond acceptors (Lipinski definition) is 5. The second kappa shape index (κ2) is 8.11. The summed E-state index contributed by atoms with van der Waals surface area (Å²) in [4.78, 5) is 22.5. The largest absolute Gasteiger partial charge is 0.480 e. The smallest absolute Gasteiger partial charge is 0.326 e. The molecular formula is C11H21NO6S. The molecule has 0 spiro atoms. The van der Waals surface area contributed by atoms with Crippen molar-refractivity contribution in [3.8, 4) is 0 Å². The van der Waals surface area contributed by atoms with E-state index in [1.165, 1.54) is 7.11 Å². The summed E-state index contributed by atoms with van der Waals surface area (Å²) in [5, 5.41) is 11.2. The van der Waals surface area contributed by atoms with Gasteiger partial charge in [0.05, 0.1) is 5.75 Å². The van der Waals surface area contributed by atoms with Gasteiger partial charge >= 0.3 is 5.97 Å². The van der Waals surface area contributed by atoms with E-state index in [9.17, 15) is 18.0 Å². The summed E-state index contributed by atoms with van der Waals surface area (Å²) < 4.78 is 26.8. The normalized spacial score (nSPS) is 14.7. The molecule has 0 rings (SSSR count). The molecule has 0 aromatic heterocycles. The van der Waals surface area contributed by atoms with Crippen molar-refractivity contribution in [2.75, 3.05) is 25.7 Å². The highest BCUT2D eigenvalue weighted by atomic mass is 32.2. The van der Waals surface area contributed by atoms with Crippen molar-refractivity contribution in [1.29, 1.82) is 0 Å². The molecule has 7 nitrogen and oxygen atoms in total. The van der Waals surface area contributed by atoms with Crippen LogP contribution in [0.1, 0.15) is 19.8 Å². The number of carbonyl (C=O) groups is 2. The van der Waals surface area contributed by atoms with Gasteiger partial charge in [0.25, 0.3) is 0 Å². The molecule has 1 amide bonds. The van der Waals surface area contributed by atoms with Gasteiger partial charge in [0.2, 0.25) is 5.91 Å². The lowest BCUT2D eigenvalue weighted by Crippen LogP contribution is -2.42. The molecule has 0 aromatic carbocycles. The zero-order valence-corrected chi connectivity index (χ0v) is 12.2. The van der Waals surface area contributed by atoms with Crippen LogP contribution in [-0.4, -0.2) is 57.2 Å². The van der Waals surface area contributed by atoms with E-state index >= 15 is 0 Å². The average Bonchev–Trinajstić information content (AvgIpc) is 2.22. The van der Waals surface area contributed by atoms with Gasteiger partial charge in [-0.3, -0.25) is 4.79 Å². The van der Waals surface area contributed by atoms with Crippen molar-refractivity contribution in [1.82, 2.24) is 5.32 Å². The van der Waals surface area contributed by atoms with Crippen LogP contribution >= 0.6 is 0 Å². The molecule has 2 N–H and O–H groups in total. The number of rotatable bonds is 9. The monoisotopic (exact) mass is 295 g/mol. The van der Waals surface area contributed by atoms with Crippen LogP contribution in [0.15, 0.2) is 0 Å². The molecule has 2 atom stereocenters. The van der Waals surface area contributed by atoms with Crippen LogP contribution in [0.4, 0.5) is 0 Å². The first-order valence-electron chi connectivity index (χ1n) is 5.84. The van der Waals surface area contributed by atoms with E-state index in [1.807, 2.05) is 0 Å². The Morgan fingerprint density at radius 2 is 1.95 bits per heavy atom. The lowest BCUT2D eigenvalue weighted by atomic mass is 10.1. The summed E-state index contributed by atoms with van der Waals surface area (Å²) in [5.41, 5.74) is 0. The van der Waals surface area contributed by atoms with Crippen LogP contribution in [0.2, 0.25) is 0 Å². The minimum Gasteiger partial charge on any atom is -0.480 e. The molecular weight excluding hydrogens is 274 g/mol. The topological polar surface area (TPSA) is 110 Å². The number of sulfone groups is 1. The van der Waals surface area contributed by atoms with Crippen LogP contribution in [0.3, 0.4) is 0 Å². The summed E-state index contributed by atoms with van der Waals surface area (Å²) in [6, 6.07) is -1.18. The third-order valence-corrected chi connectivity index (χ3v) is 3.37. The van der Waals surface area contributed by atoms with Gasteiger partial charge in [-0.05, 0) is 12.3 Å². The summed E-state index contributed by atoms with van der Waals surface area (Å²) in [6.45, 7) is 2.20. The predicted octanol–water partition coefficient (Wildman–Crippen LogP) is -0.337. The Labute approximate surface area is 113 Å². The summed E-state index contributed by atoms with van der Waals surface area (Å²) in [6.07, 6.45) is 1.02. The van der Waals surface area contributed by atoms with Gasteiger partial charge in [-0.25, -0.2) is 13.2 Å². The third kappa shape index (κ3) is 9.43. The maximum absolute atomic E-state index is 11.6. The van der Waals surface area contributed by atoms with Gasteiger partial charge in [-0.15, -0.1) is 0 Å². The van der Waals surface area contributed by atoms with Crippen molar-refractivity contribution in [3.05, 3.63) is 0 Å². The van der Waals surface area contributed by atoms with E-state index in [0.717, 1.165) is 6.26 Å². The lowest BCUT2D eigenvalue weighted by molar-refractivity contribution is -0.142. The van der Waals surface area contributed by atoms with Crippen LogP contribution in [0.5, 0.6) is 0 Å². The van der Waals surface area contributed by atoms with Crippen LogP contribution in [0.25, 0.3) is 0 Å². The molecule has 0 aliphatic heterocycles. The van der Waals surface area contributed by atoms with Gasteiger partial charge in [0.1, 0.15) is 15.9 Å². The zero-order chi connectivity index (χ0) is 15.1. The van der Waals surface area contributed by atoms with Crippen molar-refractivity contribution >= 4 is 21.7 Å². The molecule has 0 fully saturated rings. The Morgan fingerprint density at radius 3 is 2.37 bits per heavy atom. The fourth-order valence-corrected chi connectivity index (χ4v) is 2.17. The van der Waals surface area contributed by atoms with Gasteiger partial charge in [-0.2, -0.15) is 0 Å². The highest BCUT2D eigenvalue weighted by Gasteiger charge is 2.22. The van der Waals surface area contributed by atoms with Gasteiger partial charge in [0, 0.05) is 26.4 Å². The number of carboxylic acid groups (broad SMARTS) is 1. The number of nitrogens with one attached hydrogen (secondary N) is 1. The fourth-order valence-electron chi connectivity index (χ4n) is 1.50. The number of amides is 1. The number of methoxy groups -OCH3 is 1. The second-order valence-corrected chi connectivity index (χ2v) is 6.90. The standard InChI is InChI=1S/C11H21NO6S/c1-8(7-18-2)6-10(13)12-9(11(14)15)4-5-19(3,16)17/h8-9H,4-7H2,1-3H3,(H,12,13)(H,14,15). The molecule has 0 aromatic rings. The van der Waals surface area contributed by atoms with E-state index in [4.69, 9.17) is 9.84 Å². The number of carbonyl (C=O) groups excluding carboxylic acids is 1. The number of carboxylic acids is 1. The number of aliphatic carboxylic acids is 1. The second-order valence-electron chi connectivity index (χ2n) is 4.64. The quantitative estimate of drug-likeness (QED) is 0.602. The summed E-state index contributed by atoms with van der Waals surface area (Å²) in [5.74, 6) is -1.98. The first-order chi connectivity index (χ1) is 8.65. The molecule has 0 bridgehead atoms. The minimum absolute atomic E-state index is 0.0330. The molecule has 0 saturated heterocycles. The third-order valence-electron chi connectivity index (χ3n) is 2.40. The Kier molecular flexibility index (Phi) is 7.62. The SMILES string of the molecule is COCC(C)CC(=O)NC(CCS(C)(=O)=O)C(=O)O. The summed E-state index contributed by atoms with van der Waals surface area (Å²) >= 11 is 0. The van der Waals surface area contributed by atoms with Crippen molar-refractivity contribution in [2.24, 2.45) is 5.92 Å². The van der Waals surface area contributed by atoms with Gasteiger partial charge < -0.3 is 15.2 Å². The lowest BCUT2D eigenvalue weighted by Gasteiger charge is -2.16. The highest BCUT2D eigenvalue weighted by Crippen LogP contribution is 2.04. The van der Waals surface area contributed by atoms with Crippen molar-refractivity contribution < 1.29 is 27.9 Å². The maximum atomic E-state index is 11.6. The van der Waals surface area contributed by atoms with Gasteiger partial charge in [-0.1, -0.05) is 6.92 Å². The highest BCUT2D eigenvalue weighted by molar-refractivity contribution is 7.90. The van der Waals surface area contributed by atoms with E-state index < -0.39 is 27.8 Å². The van der Waals surface area contributed by atoms with E-state index in [0.29, 0.717) is 6.61 Å². The number of hydrogen-bond donors (Lipinski definition) is 2. The molecule has 0 heterocycles. The van der Waals surface area contributed by atoms with Crippen molar-refractivity contribution in [3.63, 3.8) is 0 Å². The molecule has 19 heavy (non-hydrogen) atoms. The minimum atomic E-state index is -3.25. The predicted molar refractivity (Wildman–Crippen MR) is 69.6 cm³/mol. The first-order valence-corrected chi connectivity index (χ1v) is 7.90. The molecule has 0 aliphatic carbocycles. The molecule has 0 aliphatic rings. The van der Waals surface area contributed by atoms with Crippen LogP contribution in [-0.2, 0) is 24.2 Å². The van der Waals surface area contributed by atoms with Crippen molar-refractivity contribution in [2.45, 2.75) is 25.8 Å². The van der Waals surface area contributed by atoms with Gasteiger partial charge in [0.15, 0.2) is 0 Å². The Morgan fingerprint density at radius 1 is 1.37 bits per heavy atom. The summed E-state index contributed by atoms with van der Waals surface area (Å²) in [7, 11) is -1.74. The van der Waals surface area contributed by atoms with Crippen LogP contribution in [0, 0.1) is 5.92 Å². The molecule has 0 radical (unpaired) electrons. The van der Waals surface area contributed by atoms with E-state index in [-0.39, 0.29) is 24.5 Å². The Hall–Kier alpha value is -1.15. The average molecular weight is 295 g/mol.